The van der Waals surface area contributed by atoms with Crippen molar-refractivity contribution >= 4 is 22.4 Å². The van der Waals surface area contributed by atoms with Gasteiger partial charge in [0, 0.05) is 16.6 Å². The summed E-state index contributed by atoms with van der Waals surface area (Å²) in [5.74, 6) is -1.05. The molecule has 0 aliphatic carbocycles. The van der Waals surface area contributed by atoms with Crippen molar-refractivity contribution in [3.05, 3.63) is 58.7 Å². The highest BCUT2D eigenvalue weighted by molar-refractivity contribution is 6.31. The lowest BCUT2D eigenvalue weighted by molar-refractivity contribution is -0.274. The van der Waals surface area contributed by atoms with Crippen LogP contribution in [0.1, 0.15) is 11.1 Å². The van der Waals surface area contributed by atoms with Crippen molar-refractivity contribution in [3.63, 3.8) is 0 Å². The van der Waals surface area contributed by atoms with Crippen LogP contribution < -0.4 is 4.74 Å². The number of hydrogen-bond acceptors (Lipinski definition) is 2. The van der Waals surface area contributed by atoms with Crippen LogP contribution in [-0.4, -0.2) is 16.0 Å². The molecule has 0 saturated heterocycles. The molecule has 0 spiro atoms. The quantitative estimate of drug-likeness (QED) is 0.541. The van der Waals surface area contributed by atoms with Crippen LogP contribution in [0.15, 0.2) is 42.6 Å². The number of ether oxygens (including phenoxy) is 1. The van der Waals surface area contributed by atoms with E-state index >= 15 is 0 Å². The second-order valence-electron chi connectivity index (χ2n) is 5.69. The Morgan fingerprint density at radius 1 is 1.00 bits per heavy atom. The predicted octanol–water partition coefficient (Wildman–Crippen LogP) is 5.97. The molecule has 27 heavy (non-hydrogen) atoms. The molecule has 1 heterocycles. The molecule has 3 rings (SSSR count). The maximum Gasteiger partial charge on any atom is 0.573 e. The molecule has 144 valence electrons. The fraction of sp³-hybridized carbons (Fsp3) is 0.176. The van der Waals surface area contributed by atoms with Crippen LogP contribution in [0.3, 0.4) is 0 Å². The Morgan fingerprint density at radius 2 is 1.63 bits per heavy atom. The monoisotopic (exact) mass is 409 g/mol. The summed E-state index contributed by atoms with van der Waals surface area (Å²) < 4.78 is 81.0. The first-order chi connectivity index (χ1) is 12.4. The number of aromatic nitrogens is 1. The van der Waals surface area contributed by atoms with E-state index in [0.29, 0.717) is 5.56 Å². The summed E-state index contributed by atoms with van der Waals surface area (Å²) in [6, 6.07) is 6.76. The summed E-state index contributed by atoms with van der Waals surface area (Å²) in [7, 11) is 0. The molecule has 0 saturated carbocycles. The van der Waals surface area contributed by atoms with Gasteiger partial charge in [0.05, 0.1) is 17.5 Å². The lowest BCUT2D eigenvalue weighted by Crippen LogP contribution is -2.17. The molecule has 0 unspecified atom stereocenters. The summed E-state index contributed by atoms with van der Waals surface area (Å²) in [6.45, 7) is -0.0677. The standard InChI is InChI=1S/C17H10ClF6NO2/c18-11-5-10-8-25(15(26)14(10)13(6-11)16(19,20)21)7-9-1-3-12(4-2-9)27-17(22,23)24/h1-6,8,26H,7H2. The average Bonchev–Trinajstić information content (AvgIpc) is 2.82. The molecule has 3 nitrogen and oxygen atoms in total. The Balaban J connectivity index is 1.95. The summed E-state index contributed by atoms with van der Waals surface area (Å²) in [5.41, 5.74) is -0.630. The third-order valence-corrected chi connectivity index (χ3v) is 3.96. The van der Waals surface area contributed by atoms with Gasteiger partial charge in [-0.25, -0.2) is 0 Å². The number of nitrogens with zero attached hydrogens (tertiary/aromatic N) is 1. The van der Waals surface area contributed by atoms with Gasteiger partial charge in [0.1, 0.15) is 5.75 Å². The van der Waals surface area contributed by atoms with Crippen molar-refractivity contribution in [1.29, 1.82) is 0 Å². The molecule has 0 fully saturated rings. The molecule has 0 amide bonds. The Bertz CT molecular complexity index is 976. The third-order valence-electron chi connectivity index (χ3n) is 3.74. The number of rotatable bonds is 3. The van der Waals surface area contributed by atoms with Gasteiger partial charge < -0.3 is 14.4 Å². The number of aromatic hydroxyl groups is 1. The van der Waals surface area contributed by atoms with Gasteiger partial charge >= 0.3 is 12.5 Å². The van der Waals surface area contributed by atoms with Gasteiger partial charge in [0.2, 0.25) is 0 Å². The Kier molecular flexibility index (Phi) is 4.67. The second-order valence-corrected chi connectivity index (χ2v) is 6.12. The third kappa shape index (κ3) is 4.24. The largest absolute Gasteiger partial charge is 0.573 e. The first-order valence-electron chi connectivity index (χ1n) is 7.37. The highest BCUT2D eigenvalue weighted by atomic mass is 35.5. The molecular weight excluding hydrogens is 400 g/mol. The topological polar surface area (TPSA) is 34.4 Å². The minimum atomic E-state index is -4.83. The van der Waals surface area contributed by atoms with E-state index in [1.807, 2.05) is 0 Å². The SMILES string of the molecule is Oc1c2c(C(F)(F)F)cc(Cl)cc2cn1Cc1ccc(OC(F)(F)F)cc1. The molecule has 0 bridgehead atoms. The van der Waals surface area contributed by atoms with E-state index in [4.69, 9.17) is 11.6 Å². The molecular formula is C17H10ClF6NO2. The Morgan fingerprint density at radius 3 is 2.19 bits per heavy atom. The van der Waals surface area contributed by atoms with Gasteiger partial charge in [0.15, 0.2) is 5.88 Å². The number of fused-ring (bicyclic) bond motifs is 1. The second kappa shape index (κ2) is 6.56. The lowest BCUT2D eigenvalue weighted by Gasteiger charge is -2.11. The van der Waals surface area contributed by atoms with Gasteiger partial charge in [-0.05, 0) is 29.8 Å². The van der Waals surface area contributed by atoms with Gasteiger partial charge in [-0.2, -0.15) is 13.2 Å². The highest BCUT2D eigenvalue weighted by Gasteiger charge is 2.35. The van der Waals surface area contributed by atoms with Crippen molar-refractivity contribution in [2.24, 2.45) is 0 Å². The fourth-order valence-corrected chi connectivity index (χ4v) is 2.92. The minimum absolute atomic E-state index is 0.0677. The lowest BCUT2D eigenvalue weighted by atomic mass is 10.1. The van der Waals surface area contributed by atoms with Crippen LogP contribution in [0.25, 0.3) is 10.8 Å². The van der Waals surface area contributed by atoms with Crippen LogP contribution in [0.4, 0.5) is 26.3 Å². The van der Waals surface area contributed by atoms with E-state index in [1.165, 1.54) is 24.4 Å². The molecule has 0 aliphatic rings. The fourth-order valence-electron chi connectivity index (χ4n) is 2.69. The van der Waals surface area contributed by atoms with Crippen molar-refractivity contribution in [2.75, 3.05) is 0 Å². The van der Waals surface area contributed by atoms with Crippen LogP contribution in [0.2, 0.25) is 5.02 Å². The molecule has 0 radical (unpaired) electrons. The normalized spacial score (nSPS) is 12.6. The zero-order chi connectivity index (χ0) is 20.0. The van der Waals surface area contributed by atoms with Gasteiger partial charge in [-0.15, -0.1) is 13.2 Å². The van der Waals surface area contributed by atoms with Gasteiger partial charge in [-0.3, -0.25) is 0 Å². The van der Waals surface area contributed by atoms with Crippen molar-refractivity contribution < 1.29 is 36.2 Å². The molecule has 10 heteroatoms. The van der Waals surface area contributed by atoms with Crippen LogP contribution in [-0.2, 0) is 12.7 Å². The van der Waals surface area contributed by atoms with Crippen LogP contribution >= 0.6 is 11.6 Å². The zero-order valence-electron chi connectivity index (χ0n) is 13.2. The number of hydrogen-bond donors (Lipinski definition) is 1. The zero-order valence-corrected chi connectivity index (χ0v) is 14.0. The molecule has 2 aromatic carbocycles. The smallest absolute Gasteiger partial charge is 0.494 e. The summed E-state index contributed by atoms with van der Waals surface area (Å²) >= 11 is 5.73. The predicted molar refractivity (Wildman–Crippen MR) is 85.8 cm³/mol. The summed E-state index contributed by atoms with van der Waals surface area (Å²) in [5, 5.41) is 9.79. The van der Waals surface area contributed by atoms with Crippen LogP contribution in [0.5, 0.6) is 11.6 Å². The number of benzene rings is 2. The summed E-state index contributed by atoms with van der Waals surface area (Å²) in [4.78, 5) is 0. The molecule has 0 atom stereocenters. The maximum absolute atomic E-state index is 13.2. The minimum Gasteiger partial charge on any atom is -0.494 e. The number of alkyl halides is 6. The van der Waals surface area contributed by atoms with Crippen molar-refractivity contribution in [1.82, 2.24) is 4.57 Å². The molecule has 3 aromatic rings. The van der Waals surface area contributed by atoms with E-state index in [1.54, 1.807) is 0 Å². The first kappa shape index (κ1) is 19.2. The van der Waals surface area contributed by atoms with Gasteiger partial charge in [-0.1, -0.05) is 23.7 Å². The summed E-state index contributed by atoms with van der Waals surface area (Å²) in [6.07, 6.45) is -8.26. The maximum atomic E-state index is 13.2. The number of halogens is 7. The van der Waals surface area contributed by atoms with Gasteiger partial charge in [0.25, 0.3) is 0 Å². The van der Waals surface area contributed by atoms with Crippen molar-refractivity contribution in [3.8, 4) is 11.6 Å². The van der Waals surface area contributed by atoms with Crippen molar-refractivity contribution in [2.45, 2.75) is 19.1 Å². The van der Waals surface area contributed by atoms with E-state index < -0.39 is 35.1 Å². The van der Waals surface area contributed by atoms with Crippen LogP contribution in [0, 0.1) is 0 Å². The molecule has 1 aromatic heterocycles. The Hall–Kier alpha value is -2.55. The van der Waals surface area contributed by atoms with E-state index in [9.17, 15) is 31.4 Å². The van der Waals surface area contributed by atoms with E-state index in [2.05, 4.69) is 4.74 Å². The highest BCUT2D eigenvalue weighted by Crippen LogP contribution is 2.41. The molecule has 1 N–H and O–H groups in total. The average molecular weight is 410 g/mol. The molecule has 0 aliphatic heterocycles. The Labute approximate surface area is 153 Å². The van der Waals surface area contributed by atoms with E-state index in [-0.39, 0.29) is 17.0 Å². The van der Waals surface area contributed by atoms with E-state index in [0.717, 1.165) is 22.8 Å². The first-order valence-corrected chi connectivity index (χ1v) is 7.75.